The lowest BCUT2D eigenvalue weighted by atomic mass is 10.00. The predicted molar refractivity (Wildman–Crippen MR) is 102 cm³/mol. The van der Waals surface area contributed by atoms with Gasteiger partial charge < -0.3 is 19.9 Å². The van der Waals surface area contributed by atoms with E-state index in [0.29, 0.717) is 17.1 Å². The molecular weight excluding hydrogens is 346 g/mol. The molecule has 27 heavy (non-hydrogen) atoms. The van der Waals surface area contributed by atoms with Gasteiger partial charge in [-0.3, -0.25) is 9.59 Å². The minimum Gasteiger partial charge on any atom is -0.497 e. The van der Waals surface area contributed by atoms with E-state index in [-0.39, 0.29) is 18.7 Å². The van der Waals surface area contributed by atoms with Crippen LogP contribution in [0.3, 0.4) is 0 Å². The summed E-state index contributed by atoms with van der Waals surface area (Å²) in [5.41, 5.74) is 2.63. The number of nitrogens with one attached hydrogen (secondary N) is 1. The first kappa shape index (κ1) is 20.3. The van der Waals surface area contributed by atoms with E-state index in [9.17, 15) is 14.7 Å². The third-order valence-corrected chi connectivity index (χ3v) is 4.38. The van der Waals surface area contributed by atoms with E-state index in [1.807, 2.05) is 31.2 Å². The van der Waals surface area contributed by atoms with Crippen molar-refractivity contribution >= 4 is 11.9 Å². The molecular formula is C21H25NO5. The van der Waals surface area contributed by atoms with Crippen molar-refractivity contribution in [3.63, 3.8) is 0 Å². The average molecular weight is 371 g/mol. The number of methoxy groups -OCH3 is 2. The summed E-state index contributed by atoms with van der Waals surface area (Å²) in [7, 11) is 3.03. The summed E-state index contributed by atoms with van der Waals surface area (Å²) in [6.45, 7) is 2.03. The van der Waals surface area contributed by atoms with Gasteiger partial charge in [-0.2, -0.15) is 0 Å². The lowest BCUT2D eigenvalue weighted by Crippen LogP contribution is -2.31. The Kier molecular flexibility index (Phi) is 7.23. The number of carboxylic acid groups (broad SMARTS) is 1. The number of aryl methyl sites for hydroxylation is 1. The Labute approximate surface area is 159 Å². The molecule has 0 heterocycles. The topological polar surface area (TPSA) is 84.9 Å². The Morgan fingerprint density at radius 3 is 2.37 bits per heavy atom. The molecule has 0 fully saturated rings. The van der Waals surface area contributed by atoms with Gasteiger partial charge in [0.05, 0.1) is 33.1 Å². The first-order valence-electron chi connectivity index (χ1n) is 8.78. The Balaban J connectivity index is 2.24. The van der Waals surface area contributed by atoms with Crippen molar-refractivity contribution in [2.45, 2.75) is 32.2 Å². The minimum absolute atomic E-state index is 0.193. The fourth-order valence-electron chi connectivity index (χ4n) is 3.01. The molecule has 0 aliphatic heterocycles. The molecule has 2 rings (SSSR count). The first-order chi connectivity index (χ1) is 13.0. The van der Waals surface area contributed by atoms with E-state index in [4.69, 9.17) is 9.47 Å². The van der Waals surface area contributed by atoms with E-state index in [1.54, 1.807) is 18.2 Å². The zero-order chi connectivity index (χ0) is 19.8. The number of hydrogen-bond acceptors (Lipinski definition) is 4. The maximum atomic E-state index is 12.6. The zero-order valence-corrected chi connectivity index (χ0v) is 15.8. The maximum Gasteiger partial charge on any atom is 0.305 e. The number of rotatable bonds is 9. The molecule has 0 radical (unpaired) electrons. The highest BCUT2D eigenvalue weighted by molar-refractivity contribution is 5.80. The van der Waals surface area contributed by atoms with E-state index >= 15 is 0 Å². The summed E-state index contributed by atoms with van der Waals surface area (Å²) in [5.74, 6) is -0.185. The standard InChI is InChI=1S/C21H25NO5/c1-4-14-7-5-6-8-15(14)11-20(23)22-18(13-21(24)25)17-10-9-16(26-2)12-19(17)27-3/h5-10,12,18H,4,11,13H2,1-3H3,(H,22,23)(H,24,25). The number of ether oxygens (including phenoxy) is 2. The van der Waals surface area contributed by atoms with Gasteiger partial charge in [0.15, 0.2) is 0 Å². The number of aliphatic carboxylic acids is 1. The van der Waals surface area contributed by atoms with Crippen LogP contribution in [0.15, 0.2) is 42.5 Å². The van der Waals surface area contributed by atoms with Crippen molar-refractivity contribution < 1.29 is 24.2 Å². The van der Waals surface area contributed by atoms with Gasteiger partial charge in [0.1, 0.15) is 11.5 Å². The minimum atomic E-state index is -1.01. The van der Waals surface area contributed by atoms with Crippen molar-refractivity contribution in [1.82, 2.24) is 5.32 Å². The van der Waals surface area contributed by atoms with Crippen LogP contribution >= 0.6 is 0 Å². The number of benzene rings is 2. The molecule has 0 aliphatic carbocycles. The van der Waals surface area contributed by atoms with Crippen LogP contribution < -0.4 is 14.8 Å². The number of hydrogen-bond donors (Lipinski definition) is 2. The monoisotopic (exact) mass is 371 g/mol. The van der Waals surface area contributed by atoms with Gasteiger partial charge in [-0.05, 0) is 29.7 Å². The molecule has 2 aromatic carbocycles. The molecule has 0 aromatic heterocycles. The first-order valence-corrected chi connectivity index (χ1v) is 8.78. The van der Waals surface area contributed by atoms with E-state index in [2.05, 4.69) is 5.32 Å². The Morgan fingerprint density at radius 2 is 1.78 bits per heavy atom. The molecule has 0 saturated heterocycles. The molecule has 0 bridgehead atoms. The van der Waals surface area contributed by atoms with Crippen molar-refractivity contribution in [1.29, 1.82) is 0 Å². The van der Waals surface area contributed by atoms with Crippen LogP contribution in [0.5, 0.6) is 11.5 Å². The van der Waals surface area contributed by atoms with Crippen LogP contribution in [0.25, 0.3) is 0 Å². The molecule has 0 aliphatic rings. The van der Waals surface area contributed by atoms with Crippen molar-refractivity contribution in [3.05, 3.63) is 59.2 Å². The molecule has 2 aromatic rings. The Hall–Kier alpha value is -3.02. The van der Waals surface area contributed by atoms with Crippen LogP contribution in [-0.4, -0.2) is 31.2 Å². The van der Waals surface area contributed by atoms with E-state index in [1.165, 1.54) is 14.2 Å². The van der Waals surface area contributed by atoms with Gasteiger partial charge in [-0.1, -0.05) is 31.2 Å². The van der Waals surface area contributed by atoms with Crippen LogP contribution in [0, 0.1) is 0 Å². The summed E-state index contributed by atoms with van der Waals surface area (Å²) < 4.78 is 10.5. The van der Waals surface area contributed by atoms with Gasteiger partial charge in [0, 0.05) is 11.6 Å². The fourth-order valence-corrected chi connectivity index (χ4v) is 3.01. The van der Waals surface area contributed by atoms with E-state index < -0.39 is 12.0 Å². The number of carbonyl (C=O) groups is 2. The normalized spacial score (nSPS) is 11.5. The van der Waals surface area contributed by atoms with Gasteiger partial charge >= 0.3 is 5.97 Å². The van der Waals surface area contributed by atoms with Crippen LogP contribution in [0.1, 0.15) is 36.1 Å². The SMILES string of the molecule is CCc1ccccc1CC(=O)NC(CC(=O)O)c1ccc(OC)cc1OC. The van der Waals surface area contributed by atoms with Crippen LogP contribution in [0.4, 0.5) is 0 Å². The van der Waals surface area contributed by atoms with Crippen molar-refractivity contribution in [2.24, 2.45) is 0 Å². The molecule has 0 spiro atoms. The van der Waals surface area contributed by atoms with Crippen molar-refractivity contribution in [3.8, 4) is 11.5 Å². The highest BCUT2D eigenvalue weighted by Gasteiger charge is 2.22. The molecule has 1 amide bonds. The third kappa shape index (κ3) is 5.48. The van der Waals surface area contributed by atoms with Gasteiger partial charge in [0.25, 0.3) is 0 Å². The van der Waals surface area contributed by atoms with Gasteiger partial charge in [-0.25, -0.2) is 0 Å². The molecule has 6 nitrogen and oxygen atoms in total. The highest BCUT2D eigenvalue weighted by atomic mass is 16.5. The average Bonchev–Trinajstić information content (AvgIpc) is 2.66. The summed E-state index contributed by atoms with van der Waals surface area (Å²) in [5, 5.41) is 12.1. The predicted octanol–water partition coefficient (Wildman–Crippen LogP) is 3.14. The second-order valence-corrected chi connectivity index (χ2v) is 6.12. The smallest absolute Gasteiger partial charge is 0.305 e. The summed E-state index contributed by atoms with van der Waals surface area (Å²) >= 11 is 0. The summed E-state index contributed by atoms with van der Waals surface area (Å²) in [6.07, 6.45) is 0.775. The molecule has 6 heteroatoms. The zero-order valence-electron chi connectivity index (χ0n) is 15.8. The Morgan fingerprint density at radius 1 is 1.07 bits per heavy atom. The Bertz CT molecular complexity index is 803. The number of amides is 1. The van der Waals surface area contributed by atoms with Crippen LogP contribution in [0.2, 0.25) is 0 Å². The second-order valence-electron chi connectivity index (χ2n) is 6.12. The van der Waals surface area contributed by atoms with Crippen LogP contribution in [-0.2, 0) is 22.4 Å². The molecule has 2 N–H and O–H groups in total. The summed E-state index contributed by atoms with van der Waals surface area (Å²) in [4.78, 5) is 23.9. The van der Waals surface area contributed by atoms with Gasteiger partial charge in [0.2, 0.25) is 5.91 Å². The quantitative estimate of drug-likeness (QED) is 0.707. The molecule has 0 saturated carbocycles. The third-order valence-electron chi connectivity index (χ3n) is 4.38. The second kappa shape index (κ2) is 9.62. The highest BCUT2D eigenvalue weighted by Crippen LogP contribution is 2.31. The molecule has 144 valence electrons. The van der Waals surface area contributed by atoms with Gasteiger partial charge in [-0.15, -0.1) is 0 Å². The van der Waals surface area contributed by atoms with Crippen molar-refractivity contribution in [2.75, 3.05) is 14.2 Å². The largest absolute Gasteiger partial charge is 0.497 e. The lowest BCUT2D eigenvalue weighted by molar-refractivity contribution is -0.137. The maximum absolute atomic E-state index is 12.6. The molecule has 1 unspecified atom stereocenters. The molecule has 1 atom stereocenters. The summed E-state index contributed by atoms with van der Waals surface area (Å²) in [6, 6.07) is 12.1. The lowest BCUT2D eigenvalue weighted by Gasteiger charge is -2.21. The van der Waals surface area contributed by atoms with E-state index in [0.717, 1.165) is 17.5 Å². The number of carboxylic acids is 1. The number of carbonyl (C=O) groups excluding carboxylic acids is 1. The fraction of sp³-hybridized carbons (Fsp3) is 0.333.